The Morgan fingerprint density at radius 2 is 1.84 bits per heavy atom. The minimum atomic E-state index is -0.298. The van der Waals surface area contributed by atoms with Crippen LogP contribution in [0.2, 0.25) is 0 Å². The zero-order chi connectivity index (χ0) is 23.1. The number of hydrogen-bond donors (Lipinski definition) is 1. The number of nitrogens with one attached hydrogen (secondary N) is 1. The van der Waals surface area contributed by atoms with Crippen LogP contribution in [-0.2, 0) is 9.59 Å². The molecule has 2 amide bonds. The van der Waals surface area contributed by atoms with Crippen LogP contribution < -0.4 is 10.1 Å². The van der Waals surface area contributed by atoms with E-state index in [4.69, 9.17) is 4.74 Å². The number of nitrogens with zero attached hydrogens (tertiary/aromatic N) is 3. The van der Waals surface area contributed by atoms with Crippen LogP contribution in [0.3, 0.4) is 0 Å². The molecule has 168 valence electrons. The maximum absolute atomic E-state index is 12.9. The minimum Gasteiger partial charge on any atom is -0.494 e. The Hall–Kier alpha value is -3.61. The third kappa shape index (κ3) is 5.55. The molecule has 2 aromatic carbocycles. The average molecular weight is 435 g/mol. The Morgan fingerprint density at radius 3 is 2.50 bits per heavy atom. The predicted octanol–water partition coefficient (Wildman–Crippen LogP) is 4.52. The molecule has 0 radical (unpaired) electrons. The summed E-state index contributed by atoms with van der Waals surface area (Å²) in [5, 5.41) is 2.89. The molecule has 3 rings (SSSR count). The number of benzene rings is 2. The predicted molar refractivity (Wildman–Crippen MR) is 126 cm³/mol. The topological polar surface area (TPSA) is 76.5 Å². The van der Waals surface area contributed by atoms with Gasteiger partial charge in [0.15, 0.2) is 0 Å². The van der Waals surface area contributed by atoms with Crippen molar-refractivity contribution in [2.24, 2.45) is 0 Å². The van der Waals surface area contributed by atoms with E-state index in [0.29, 0.717) is 19.0 Å². The van der Waals surface area contributed by atoms with E-state index in [1.807, 2.05) is 86.1 Å². The van der Waals surface area contributed by atoms with Gasteiger partial charge in [0, 0.05) is 30.3 Å². The fourth-order valence-corrected chi connectivity index (χ4v) is 3.38. The first kappa shape index (κ1) is 23.1. The van der Waals surface area contributed by atoms with E-state index in [-0.39, 0.29) is 24.4 Å². The fraction of sp³-hybridized carbons (Fsp3) is 0.320. The first-order valence-electron chi connectivity index (χ1n) is 10.9. The van der Waals surface area contributed by atoms with Crippen molar-refractivity contribution in [2.75, 3.05) is 18.5 Å². The first-order valence-corrected chi connectivity index (χ1v) is 10.9. The molecule has 0 saturated heterocycles. The van der Waals surface area contributed by atoms with Crippen molar-refractivity contribution in [3.63, 3.8) is 0 Å². The minimum absolute atomic E-state index is 0.0309. The molecular formula is C25H30N4O3. The van der Waals surface area contributed by atoms with Gasteiger partial charge >= 0.3 is 0 Å². The Kier molecular flexibility index (Phi) is 7.65. The molecule has 7 heteroatoms. The lowest BCUT2D eigenvalue weighted by molar-refractivity contribution is -0.136. The van der Waals surface area contributed by atoms with Gasteiger partial charge < -0.3 is 9.64 Å². The standard InChI is InChI=1S/C25H30N4O3/c1-5-24(31)28(18(3)4)17-23(30)27-25-26-22(19-11-8-7-9-12-19)16-29(25)20-13-10-14-21(15-20)32-6-2/h7-16,18H,5-6,17H2,1-4H3,(H,26,27,30). The van der Waals surface area contributed by atoms with E-state index in [2.05, 4.69) is 10.3 Å². The molecule has 0 spiro atoms. The largest absolute Gasteiger partial charge is 0.494 e. The van der Waals surface area contributed by atoms with Gasteiger partial charge in [0.05, 0.1) is 18.0 Å². The summed E-state index contributed by atoms with van der Waals surface area (Å²) in [5.74, 6) is 0.757. The highest BCUT2D eigenvalue weighted by molar-refractivity contribution is 5.94. The monoisotopic (exact) mass is 434 g/mol. The Bertz CT molecular complexity index is 1060. The normalized spacial score (nSPS) is 10.8. The molecule has 32 heavy (non-hydrogen) atoms. The van der Waals surface area contributed by atoms with Gasteiger partial charge in [-0.15, -0.1) is 0 Å². The van der Waals surface area contributed by atoms with Crippen molar-refractivity contribution in [1.82, 2.24) is 14.5 Å². The first-order chi connectivity index (χ1) is 15.4. The van der Waals surface area contributed by atoms with E-state index >= 15 is 0 Å². The second kappa shape index (κ2) is 10.6. The lowest BCUT2D eigenvalue weighted by Crippen LogP contribution is -2.42. The summed E-state index contributed by atoms with van der Waals surface area (Å²) in [5.41, 5.74) is 2.48. The quantitative estimate of drug-likeness (QED) is 0.537. The number of hydrogen-bond acceptors (Lipinski definition) is 4. The van der Waals surface area contributed by atoms with Crippen LogP contribution in [-0.4, -0.2) is 45.5 Å². The van der Waals surface area contributed by atoms with Gasteiger partial charge in [0.25, 0.3) is 0 Å². The molecule has 0 aliphatic heterocycles. The van der Waals surface area contributed by atoms with E-state index in [1.165, 1.54) is 0 Å². The summed E-state index contributed by atoms with van der Waals surface area (Å²) < 4.78 is 7.46. The van der Waals surface area contributed by atoms with Crippen LogP contribution in [0.4, 0.5) is 5.95 Å². The molecule has 0 unspecified atom stereocenters. The lowest BCUT2D eigenvalue weighted by atomic mass is 10.2. The number of imidazole rings is 1. The van der Waals surface area contributed by atoms with E-state index in [0.717, 1.165) is 22.7 Å². The summed E-state index contributed by atoms with van der Waals surface area (Å²) in [6.45, 7) is 8.05. The van der Waals surface area contributed by atoms with Crippen LogP contribution >= 0.6 is 0 Å². The number of aromatic nitrogens is 2. The highest BCUT2D eigenvalue weighted by Gasteiger charge is 2.21. The molecule has 0 atom stereocenters. The summed E-state index contributed by atoms with van der Waals surface area (Å²) in [6.07, 6.45) is 2.23. The van der Waals surface area contributed by atoms with Gasteiger partial charge in [-0.05, 0) is 32.9 Å². The van der Waals surface area contributed by atoms with Crippen LogP contribution in [0.15, 0.2) is 60.8 Å². The van der Waals surface area contributed by atoms with Gasteiger partial charge in [-0.1, -0.05) is 43.3 Å². The average Bonchev–Trinajstić information content (AvgIpc) is 3.21. The number of anilines is 1. The fourth-order valence-electron chi connectivity index (χ4n) is 3.38. The van der Waals surface area contributed by atoms with Crippen molar-refractivity contribution in [3.05, 3.63) is 60.8 Å². The molecule has 0 aliphatic rings. The second-order valence-electron chi connectivity index (χ2n) is 7.63. The van der Waals surface area contributed by atoms with Gasteiger partial charge in [0.2, 0.25) is 17.8 Å². The smallest absolute Gasteiger partial charge is 0.246 e. The van der Waals surface area contributed by atoms with Gasteiger partial charge in [-0.25, -0.2) is 4.98 Å². The molecule has 1 heterocycles. The van der Waals surface area contributed by atoms with E-state index < -0.39 is 0 Å². The number of ether oxygens (including phenoxy) is 1. The molecular weight excluding hydrogens is 404 g/mol. The van der Waals surface area contributed by atoms with Crippen molar-refractivity contribution >= 4 is 17.8 Å². The van der Waals surface area contributed by atoms with E-state index in [1.54, 1.807) is 11.8 Å². The lowest BCUT2D eigenvalue weighted by Gasteiger charge is -2.25. The van der Waals surface area contributed by atoms with Gasteiger partial charge in [0.1, 0.15) is 12.3 Å². The number of carbonyl (C=O) groups is 2. The molecule has 1 N–H and O–H groups in total. The van der Waals surface area contributed by atoms with Crippen molar-refractivity contribution in [2.45, 2.75) is 40.2 Å². The molecule has 0 saturated carbocycles. The molecule has 1 aromatic heterocycles. The third-order valence-corrected chi connectivity index (χ3v) is 4.99. The maximum atomic E-state index is 12.9. The number of carbonyl (C=O) groups excluding carboxylic acids is 2. The zero-order valence-corrected chi connectivity index (χ0v) is 19.0. The third-order valence-electron chi connectivity index (χ3n) is 4.99. The van der Waals surface area contributed by atoms with Crippen molar-refractivity contribution < 1.29 is 14.3 Å². The van der Waals surface area contributed by atoms with Crippen LogP contribution in [0, 0.1) is 0 Å². The summed E-state index contributed by atoms with van der Waals surface area (Å²) in [7, 11) is 0. The Labute approximate surface area is 189 Å². The molecule has 0 fully saturated rings. The van der Waals surface area contributed by atoms with Crippen LogP contribution in [0.5, 0.6) is 5.75 Å². The van der Waals surface area contributed by atoms with Crippen LogP contribution in [0.1, 0.15) is 34.1 Å². The molecule has 0 bridgehead atoms. The Balaban J connectivity index is 1.95. The van der Waals surface area contributed by atoms with Gasteiger partial charge in [-0.3, -0.25) is 19.5 Å². The molecule has 3 aromatic rings. The number of amides is 2. The SMILES string of the molecule is CCOc1cccc(-n2cc(-c3ccccc3)nc2NC(=O)CN(C(=O)CC)C(C)C)c1. The maximum Gasteiger partial charge on any atom is 0.246 e. The Morgan fingerprint density at radius 1 is 1.09 bits per heavy atom. The molecule has 7 nitrogen and oxygen atoms in total. The second-order valence-corrected chi connectivity index (χ2v) is 7.63. The van der Waals surface area contributed by atoms with E-state index in [9.17, 15) is 9.59 Å². The highest BCUT2D eigenvalue weighted by atomic mass is 16.5. The summed E-state index contributed by atoms with van der Waals surface area (Å²) in [4.78, 5) is 31.3. The molecule has 0 aliphatic carbocycles. The summed E-state index contributed by atoms with van der Waals surface area (Å²) >= 11 is 0. The van der Waals surface area contributed by atoms with Crippen molar-refractivity contribution in [3.8, 4) is 22.7 Å². The zero-order valence-electron chi connectivity index (χ0n) is 19.0. The van der Waals surface area contributed by atoms with Crippen molar-refractivity contribution in [1.29, 1.82) is 0 Å². The van der Waals surface area contributed by atoms with Crippen LogP contribution in [0.25, 0.3) is 16.9 Å². The summed E-state index contributed by atoms with van der Waals surface area (Å²) in [6, 6.07) is 17.3. The van der Waals surface area contributed by atoms with Gasteiger partial charge in [-0.2, -0.15) is 0 Å². The number of rotatable bonds is 9. The highest BCUT2D eigenvalue weighted by Crippen LogP contribution is 2.26.